The first-order chi connectivity index (χ1) is 30.2. The van der Waals surface area contributed by atoms with Crippen LogP contribution in [0.3, 0.4) is 0 Å². The van der Waals surface area contributed by atoms with E-state index < -0.39 is 37.0 Å². The quantitative estimate of drug-likeness (QED) is 0.0339. The number of nitrogens with zero attached hydrogens (tertiary/aromatic N) is 3. The number of hydrogen-bond donors (Lipinski definition) is 4. The van der Waals surface area contributed by atoms with E-state index >= 15 is 0 Å². The summed E-state index contributed by atoms with van der Waals surface area (Å²) in [7, 11) is -8.97. The third kappa shape index (κ3) is 8.52. The molecule has 7 rings (SSSR count). The van der Waals surface area contributed by atoms with Crippen molar-refractivity contribution in [2.75, 3.05) is 24.5 Å². The summed E-state index contributed by atoms with van der Waals surface area (Å²) in [6, 6.07) is 20.6. The summed E-state index contributed by atoms with van der Waals surface area (Å²) in [5.74, 6) is -1.14. The maximum Gasteiger partial charge on any atom is 0.303 e. The van der Waals surface area contributed by atoms with E-state index in [2.05, 4.69) is 42.5 Å². The maximum atomic E-state index is 13.1. The topological polar surface area (TPSA) is 194 Å². The van der Waals surface area contributed by atoms with Gasteiger partial charge in [-0.05, 0) is 105 Å². The molecule has 334 valence electrons. The van der Waals surface area contributed by atoms with Crippen LogP contribution < -0.4 is 10.2 Å². The molecule has 0 spiro atoms. The average Bonchev–Trinajstić information content (AvgIpc) is 3.61. The second-order valence-electron chi connectivity index (χ2n) is 17.1. The Balaban J connectivity index is 1.31. The highest BCUT2D eigenvalue weighted by Gasteiger charge is 2.46. The Morgan fingerprint density at radius 1 is 0.781 bits per heavy atom. The van der Waals surface area contributed by atoms with Crippen LogP contribution in [0.15, 0.2) is 119 Å². The van der Waals surface area contributed by atoms with Crippen molar-refractivity contribution in [3.05, 3.63) is 131 Å². The highest BCUT2D eigenvalue weighted by atomic mass is 32.2. The lowest BCUT2D eigenvalue weighted by Gasteiger charge is -2.26. The van der Waals surface area contributed by atoms with Crippen LogP contribution in [-0.2, 0) is 35.9 Å². The number of allylic oxidation sites excluding steroid dienone is 6. The number of hydrogen-bond acceptors (Lipinski definition) is 8. The molecule has 5 aromatic rings. The highest BCUT2D eigenvalue weighted by Crippen LogP contribution is 2.51. The van der Waals surface area contributed by atoms with Gasteiger partial charge < -0.3 is 15.3 Å². The average molecular weight is 906 g/mol. The van der Waals surface area contributed by atoms with Crippen molar-refractivity contribution in [2.45, 2.75) is 87.8 Å². The number of amides is 1. The number of likely N-dealkylation sites (N-methyl/N-ethyl adjacent to an activating group) is 1. The number of aliphatic carboxylic acids is 1. The summed E-state index contributed by atoms with van der Waals surface area (Å²) in [6.07, 6.45) is 11.5. The first kappa shape index (κ1) is 46.0. The third-order valence-corrected chi connectivity index (χ3v) is 14.2. The van der Waals surface area contributed by atoms with Gasteiger partial charge in [0, 0.05) is 76.6 Å². The number of anilines is 1. The highest BCUT2D eigenvalue weighted by molar-refractivity contribution is 7.86. The molecule has 4 N–H and O–H groups in total. The number of carboxylic acids is 1. The fourth-order valence-corrected chi connectivity index (χ4v) is 10.9. The van der Waals surface area contributed by atoms with Crippen molar-refractivity contribution in [1.29, 1.82) is 0 Å². The van der Waals surface area contributed by atoms with Gasteiger partial charge in [0.15, 0.2) is 5.71 Å². The van der Waals surface area contributed by atoms with Crippen LogP contribution in [0.5, 0.6) is 0 Å². The minimum atomic E-state index is -4.49. The van der Waals surface area contributed by atoms with Crippen LogP contribution in [-0.4, -0.2) is 77.8 Å². The monoisotopic (exact) mass is 905 g/mol. The predicted octanol–water partition coefficient (Wildman–Crippen LogP) is 8.99. The number of nitrogens with one attached hydrogen (secondary N) is 1. The molecular weight excluding hydrogens is 853 g/mol. The Morgan fingerprint density at radius 3 is 2.00 bits per heavy atom. The number of fused-ring (bicyclic) bond motifs is 6. The van der Waals surface area contributed by atoms with Crippen molar-refractivity contribution in [3.8, 4) is 0 Å². The van der Waals surface area contributed by atoms with E-state index in [0.29, 0.717) is 66.5 Å². The molecule has 0 aliphatic carbocycles. The molecule has 64 heavy (non-hydrogen) atoms. The van der Waals surface area contributed by atoms with Crippen LogP contribution in [0.2, 0.25) is 0 Å². The molecule has 0 saturated heterocycles. The molecule has 0 radical (unpaired) electrons. The zero-order valence-corrected chi connectivity index (χ0v) is 38.3. The summed E-state index contributed by atoms with van der Waals surface area (Å²) >= 11 is 0. The maximum absolute atomic E-state index is 13.1. The SMILES string of the molecule is CCN1/C(=C/C=C(/C=C/C2=[N+](CC)c3ccc4c(S(=O)(=O)O)cccc4c3C2(C)C)c2ccc(C(=O)NCCCCCC(=O)O)cn2)C(C)(C)c2c1ccc1c(S(=O)(=O)O)cccc21. The largest absolute Gasteiger partial charge is 0.481 e. The van der Waals surface area contributed by atoms with Gasteiger partial charge in [0.25, 0.3) is 26.1 Å². The van der Waals surface area contributed by atoms with E-state index in [1.54, 1.807) is 36.4 Å². The van der Waals surface area contributed by atoms with Gasteiger partial charge in [0.1, 0.15) is 16.3 Å². The van der Waals surface area contributed by atoms with Crippen LogP contribution in [0.25, 0.3) is 27.1 Å². The fraction of sp³-hybridized carbons (Fsp3) is 0.306. The smallest absolute Gasteiger partial charge is 0.303 e. The van der Waals surface area contributed by atoms with Crippen molar-refractivity contribution >= 4 is 76.3 Å². The molecule has 4 aromatic carbocycles. The molecule has 0 bridgehead atoms. The zero-order valence-electron chi connectivity index (χ0n) is 36.7. The number of carbonyl (C=O) groups is 2. The van der Waals surface area contributed by atoms with Crippen LogP contribution in [0.1, 0.15) is 94.4 Å². The second kappa shape index (κ2) is 17.5. The molecule has 0 saturated carbocycles. The molecule has 0 fully saturated rings. The fourth-order valence-electron chi connectivity index (χ4n) is 9.46. The first-order valence-corrected chi connectivity index (χ1v) is 24.2. The molecule has 1 amide bonds. The first-order valence-electron chi connectivity index (χ1n) is 21.3. The molecule has 15 heteroatoms. The van der Waals surface area contributed by atoms with Crippen molar-refractivity contribution in [2.24, 2.45) is 0 Å². The van der Waals surface area contributed by atoms with E-state index in [9.17, 15) is 35.5 Å². The summed E-state index contributed by atoms with van der Waals surface area (Å²) < 4.78 is 72.0. The second-order valence-corrected chi connectivity index (χ2v) is 19.9. The van der Waals surface area contributed by atoms with E-state index in [0.717, 1.165) is 44.7 Å². The van der Waals surface area contributed by atoms with Crippen molar-refractivity contribution in [1.82, 2.24) is 10.3 Å². The molecular formula is C49H53N4O9S2+. The molecule has 3 heterocycles. The molecule has 2 aliphatic rings. The number of aromatic nitrogens is 1. The third-order valence-electron chi connectivity index (χ3n) is 12.4. The lowest BCUT2D eigenvalue weighted by Crippen LogP contribution is -2.27. The van der Waals surface area contributed by atoms with E-state index in [4.69, 9.17) is 10.1 Å². The van der Waals surface area contributed by atoms with Gasteiger partial charge >= 0.3 is 5.97 Å². The molecule has 1 aromatic heterocycles. The van der Waals surface area contributed by atoms with Gasteiger partial charge in [0.2, 0.25) is 5.69 Å². The predicted molar refractivity (Wildman–Crippen MR) is 250 cm³/mol. The Bertz CT molecular complexity index is 3080. The number of carboxylic acid groups (broad SMARTS) is 1. The normalized spacial score (nSPS) is 16.6. The number of rotatable bonds is 15. The van der Waals surface area contributed by atoms with Gasteiger partial charge in [-0.25, -0.2) is 0 Å². The van der Waals surface area contributed by atoms with Gasteiger partial charge in [-0.3, -0.25) is 23.7 Å². The Kier molecular flexibility index (Phi) is 12.6. The van der Waals surface area contributed by atoms with Gasteiger partial charge in [0.05, 0.1) is 16.7 Å². The van der Waals surface area contributed by atoms with Gasteiger partial charge in [-0.2, -0.15) is 21.4 Å². The number of pyridine rings is 1. The lowest BCUT2D eigenvalue weighted by molar-refractivity contribution is -0.433. The van der Waals surface area contributed by atoms with E-state index in [1.807, 2.05) is 62.4 Å². The lowest BCUT2D eigenvalue weighted by atomic mass is 9.79. The van der Waals surface area contributed by atoms with E-state index in [-0.39, 0.29) is 22.1 Å². The Hall–Kier alpha value is -6.00. The summed E-state index contributed by atoms with van der Waals surface area (Å²) in [6.45, 7) is 14.0. The minimum Gasteiger partial charge on any atom is -0.481 e. The van der Waals surface area contributed by atoms with Gasteiger partial charge in [-0.1, -0.05) is 56.7 Å². The molecule has 0 unspecified atom stereocenters. The van der Waals surface area contributed by atoms with Crippen molar-refractivity contribution < 1.29 is 45.2 Å². The van der Waals surface area contributed by atoms with E-state index in [1.165, 1.54) is 18.3 Å². The van der Waals surface area contributed by atoms with Crippen LogP contribution in [0, 0.1) is 0 Å². The molecule has 2 aliphatic heterocycles. The molecule has 0 atom stereocenters. The van der Waals surface area contributed by atoms with Crippen LogP contribution >= 0.6 is 0 Å². The number of carbonyl (C=O) groups excluding carboxylic acids is 1. The Morgan fingerprint density at radius 2 is 1.42 bits per heavy atom. The Labute approximate surface area is 374 Å². The summed E-state index contributed by atoms with van der Waals surface area (Å²) in [4.78, 5) is 30.6. The van der Waals surface area contributed by atoms with Crippen LogP contribution in [0.4, 0.5) is 11.4 Å². The summed E-state index contributed by atoms with van der Waals surface area (Å²) in [5, 5.41) is 14.1. The molecule has 13 nitrogen and oxygen atoms in total. The standard InChI is InChI=1S/C49H52N4O9S2/c1-7-52-38-25-22-33-35(14-12-16-40(33)63(57,58)59)45(38)48(3,4)42(52)27-20-31(37-24-19-32(30-51-37)47(56)50-29-11-9-10-18-44(54)55)21-28-43-49(5,6)46-36-15-13-17-41(64(60,61)62)34(36)23-26-39(46)53(43)8-2/h12-17,19-28,30H,7-11,18,29H2,1-6H3,(H3-,50,54,55,56,57,58,59,60,61,62)/p+1. The summed E-state index contributed by atoms with van der Waals surface area (Å²) in [5.41, 5.74) is 5.99. The number of benzene rings is 4. The van der Waals surface area contributed by atoms with Crippen molar-refractivity contribution in [3.63, 3.8) is 0 Å². The minimum absolute atomic E-state index is 0.0883. The number of unbranched alkanes of at least 4 members (excludes halogenated alkanes) is 2. The van der Waals surface area contributed by atoms with Gasteiger partial charge in [-0.15, -0.1) is 0 Å². The zero-order chi connectivity index (χ0) is 46.4.